The molecular formula is C108H170ClF4N25O2. The largest absolute Gasteiger partial charge is 0.416 e. The summed E-state index contributed by atoms with van der Waals surface area (Å²) in [5.74, 6) is 3.15. The van der Waals surface area contributed by atoms with Crippen LogP contribution in [0.1, 0.15) is 195 Å². The number of nitrogens with zero attached hydrogens (tertiary/aromatic N) is 25. The van der Waals surface area contributed by atoms with E-state index < -0.39 is 11.7 Å². The zero-order valence-corrected chi connectivity index (χ0v) is 90.2. The molecule has 0 spiro atoms. The number of anilines is 6. The number of likely N-dealkylation sites (tertiary alicyclic amines) is 1. The van der Waals surface area contributed by atoms with Crippen molar-refractivity contribution in [2.24, 2.45) is 0 Å². The van der Waals surface area contributed by atoms with E-state index in [4.69, 9.17) is 18.2 Å². The fourth-order valence-corrected chi connectivity index (χ4v) is 18.6. The number of halogens is 5. The fourth-order valence-electron chi connectivity index (χ4n) is 18.5. The number of carbonyl (C=O) groups excluding carboxylic acids is 2. The molecule has 140 heavy (non-hydrogen) atoms. The summed E-state index contributed by atoms with van der Waals surface area (Å²) in [6.45, 7) is 95.3. The van der Waals surface area contributed by atoms with Gasteiger partial charge in [0.15, 0.2) is 5.82 Å². The second kappa shape index (κ2) is 51.9. The van der Waals surface area contributed by atoms with Crippen LogP contribution in [0.5, 0.6) is 0 Å². The molecule has 0 aliphatic carbocycles. The van der Waals surface area contributed by atoms with E-state index in [0.29, 0.717) is 34.6 Å². The van der Waals surface area contributed by atoms with Crippen LogP contribution in [-0.2, 0) is 11.0 Å². The van der Waals surface area contributed by atoms with Crippen LogP contribution < -0.4 is 29.4 Å². The maximum Gasteiger partial charge on any atom is 0.416 e. The Bertz CT molecular complexity index is 4730. The Morgan fingerprint density at radius 3 is 1.11 bits per heavy atom. The normalized spacial score (nSPS) is 19.0. The third-order valence-electron chi connectivity index (χ3n) is 27.6. The molecule has 7 aromatic rings. The molecule has 9 saturated heterocycles. The number of para-hydroxylation sites is 1. The van der Waals surface area contributed by atoms with Gasteiger partial charge in [0.1, 0.15) is 23.0 Å². The van der Waals surface area contributed by atoms with E-state index in [2.05, 4.69) is 305 Å². The van der Waals surface area contributed by atoms with Crippen molar-refractivity contribution in [2.75, 3.05) is 258 Å². The summed E-state index contributed by atoms with van der Waals surface area (Å²) >= 11 is 5.85. The Hall–Kier alpha value is -9.07. The topological polar surface area (TPSA) is 184 Å². The van der Waals surface area contributed by atoms with Gasteiger partial charge in [0, 0.05) is 314 Å². The summed E-state index contributed by atoms with van der Waals surface area (Å²) in [7, 11) is 0. The average molecular weight is 1960 g/mol. The van der Waals surface area contributed by atoms with Crippen LogP contribution in [0.3, 0.4) is 0 Å². The molecule has 9 aliphatic heterocycles. The van der Waals surface area contributed by atoms with Gasteiger partial charge in [-0.15, -0.1) is 4.98 Å². The van der Waals surface area contributed by atoms with Crippen molar-refractivity contribution in [1.82, 2.24) is 88.8 Å². The van der Waals surface area contributed by atoms with E-state index in [-0.39, 0.29) is 50.5 Å². The first-order valence-corrected chi connectivity index (χ1v) is 51.2. The monoisotopic (exact) mass is 1960 g/mol. The second-order valence-electron chi connectivity index (χ2n) is 45.5. The van der Waals surface area contributed by atoms with E-state index in [1.54, 1.807) is 67.8 Å². The lowest BCUT2D eigenvalue weighted by Crippen LogP contribution is -2.54. The van der Waals surface area contributed by atoms with Crippen molar-refractivity contribution in [3.8, 4) is 0 Å². The number of alkyl halides is 3. The third kappa shape index (κ3) is 37.0. The molecule has 27 nitrogen and oxygen atoms in total. The fraction of sp³-hybridized carbons (Fsp3) is 0.648. The molecule has 0 N–H and O–H groups in total. The van der Waals surface area contributed by atoms with Gasteiger partial charge in [0.05, 0.1) is 30.7 Å². The Morgan fingerprint density at radius 2 is 0.714 bits per heavy atom. The van der Waals surface area contributed by atoms with Gasteiger partial charge in [-0.1, -0.05) is 42.4 Å². The lowest BCUT2D eigenvalue weighted by atomic mass is 10.0. The van der Waals surface area contributed by atoms with Crippen molar-refractivity contribution in [2.45, 2.75) is 229 Å². The zero-order chi connectivity index (χ0) is 103. The quantitative estimate of drug-likeness (QED) is 0.0981. The molecule has 774 valence electrons. The van der Waals surface area contributed by atoms with Crippen molar-refractivity contribution in [3.63, 3.8) is 0 Å². The molecule has 16 rings (SSSR count). The Kier molecular flexibility index (Phi) is 42.5. The molecule has 9 aliphatic rings. The highest BCUT2D eigenvalue weighted by atomic mass is 35.5. The molecule has 3 aromatic carbocycles. The van der Waals surface area contributed by atoms with Crippen LogP contribution >= 0.6 is 11.6 Å². The number of pyridine rings is 1. The number of carbonyl (C=O) groups is 2. The maximum atomic E-state index is 12.8. The number of aromatic nitrogens is 7. The van der Waals surface area contributed by atoms with Crippen molar-refractivity contribution >= 4 is 63.9 Å². The van der Waals surface area contributed by atoms with Gasteiger partial charge in [0.25, 0.3) is 5.91 Å². The minimum Gasteiger partial charge on any atom is -0.369 e. The molecular weight excluding hydrogens is 1790 g/mol. The number of hydrogen-bond acceptors (Lipinski definition) is 24. The highest BCUT2D eigenvalue weighted by molar-refractivity contribution is 6.29. The van der Waals surface area contributed by atoms with Gasteiger partial charge < -0.3 is 44.0 Å². The van der Waals surface area contributed by atoms with E-state index in [1.165, 1.54) is 55.9 Å². The van der Waals surface area contributed by atoms with Crippen LogP contribution in [0, 0.1) is 12.4 Å². The third-order valence-corrected chi connectivity index (χ3v) is 27.8. The predicted octanol–water partition coefficient (Wildman–Crippen LogP) is 17.0. The van der Waals surface area contributed by atoms with Gasteiger partial charge in [-0.05, 0) is 252 Å². The van der Waals surface area contributed by atoms with Crippen LogP contribution in [0.25, 0.3) is 4.85 Å². The summed E-state index contributed by atoms with van der Waals surface area (Å²) < 4.78 is 51.0. The Morgan fingerprint density at radius 1 is 0.350 bits per heavy atom. The first-order chi connectivity index (χ1) is 65.7. The van der Waals surface area contributed by atoms with Gasteiger partial charge in [-0.3, -0.25) is 63.7 Å². The number of rotatable bonds is 9. The lowest BCUT2D eigenvalue weighted by molar-refractivity contribution is -0.137. The van der Waals surface area contributed by atoms with E-state index in [9.17, 15) is 27.2 Å². The average Bonchev–Trinajstić information content (AvgIpc) is 0.898. The lowest BCUT2D eigenvalue weighted by Gasteiger charge is -2.43. The van der Waals surface area contributed by atoms with E-state index in [1.807, 2.05) is 32.9 Å². The molecule has 13 heterocycles. The predicted molar refractivity (Wildman–Crippen MR) is 568 cm³/mol. The number of amides is 2. The molecule has 0 unspecified atom stereocenters. The maximum absolute atomic E-state index is 12.8. The van der Waals surface area contributed by atoms with Crippen LogP contribution in [0.15, 0.2) is 147 Å². The standard InChI is InChI=1S/C15H21F3N2.C14H21FN2.C14H21N3O.C14H27N3O.C14H22N2.C13H19N5.C12H19ClN4.C12H20N4/c1-14(2,3)20-9-7-19(8-10-20)13-6-4-5-12(11-13)15(16,17)18;1-14(2,3)17-10-8-16(9-11-17)13-6-4-12(15)5-7-13;1-14(2,3)17-10-8-16(9-11-17)13(18)12-4-6-15-7-5-12;1-14(2,3)17-10-8-15(9-11-17)12-13(18)16-6-4-5-7-16;1-14(2,3)16-11-9-15(10-12-16)13-7-5-4-6-8-13;1-13(2,3)18-9-7-17(8-10-18)12-11(14-4)15-5-6-16-12;1-12(2,3)17-6-4-16(5-7-17)11-9-14-8-10(13)15-11;1-12(2,3)16-9-7-15(8-10-16)11-13-5-4-6-14-11/h4-6,11H,7-10H2,1-3H3;4-7H,8-11H2,1-3H3;4-7H,8-11H2,1-3H3;4-12H2,1-3H3;4-8H,9-12H2,1-3H3;5-6H,7-10H2,1-3H3;8-9H,4-7H2,1-3H3;4-6H,7-10H2,1-3H3. The number of benzene rings is 3. The minimum absolute atomic E-state index is 0.111. The SMILES string of the molecule is CC(C)(C)N1CCN(C(=O)c2ccncc2)CC1.CC(C)(C)N1CCN(CC(=O)N2CCCC2)CC1.CC(C)(C)N1CCN(c2ccc(F)cc2)CC1.CC(C)(C)N1CCN(c2cccc(C(F)(F)F)c2)CC1.CC(C)(C)N1CCN(c2ccccc2)CC1.CC(C)(C)N1CCN(c2cncc(Cl)n2)CC1.CC(C)(C)N1CCN(c2ncccn2)CC1.[C-]#[N+]c1nccnc1N1CCN(C(C)(C)C)CC1. The summed E-state index contributed by atoms with van der Waals surface area (Å²) in [6, 6.07) is 28.5. The highest BCUT2D eigenvalue weighted by Gasteiger charge is 2.37. The molecule has 0 bridgehead atoms. The molecule has 4 aromatic heterocycles. The molecule has 0 radical (unpaired) electrons. The zero-order valence-electron chi connectivity index (χ0n) is 89.4. The Balaban J connectivity index is 0.000000179. The molecule has 9 fully saturated rings. The van der Waals surface area contributed by atoms with E-state index in [0.717, 1.165) is 244 Å². The number of piperazine rings is 8. The summed E-state index contributed by atoms with van der Waals surface area (Å²) in [5, 5.41) is 0.459. The van der Waals surface area contributed by atoms with Crippen molar-refractivity contribution in [1.29, 1.82) is 0 Å². The first kappa shape index (κ1) is 115. The highest BCUT2D eigenvalue weighted by Crippen LogP contribution is 2.34. The molecule has 2 amide bonds. The van der Waals surface area contributed by atoms with Crippen molar-refractivity contribution in [3.05, 3.63) is 180 Å². The number of hydrogen-bond donors (Lipinski definition) is 0. The second-order valence-corrected chi connectivity index (χ2v) is 45.9. The molecule has 0 saturated carbocycles. The van der Waals surface area contributed by atoms with Crippen molar-refractivity contribution < 1.29 is 27.2 Å². The van der Waals surface area contributed by atoms with Gasteiger partial charge in [0.2, 0.25) is 11.9 Å². The summed E-state index contributed by atoms with van der Waals surface area (Å²) in [5.41, 5.74) is 5.12. The minimum atomic E-state index is -4.27. The van der Waals surface area contributed by atoms with Crippen LogP contribution in [-0.4, -0.2) is 374 Å². The van der Waals surface area contributed by atoms with Gasteiger partial charge >= 0.3 is 12.0 Å². The van der Waals surface area contributed by atoms with Crippen LogP contribution in [0.2, 0.25) is 5.15 Å². The van der Waals surface area contributed by atoms with Gasteiger partial charge in [-0.2, -0.15) is 13.2 Å². The molecule has 32 heteroatoms. The smallest absolute Gasteiger partial charge is 0.369 e. The van der Waals surface area contributed by atoms with Gasteiger partial charge in [-0.25, -0.2) is 24.3 Å². The molecule has 0 atom stereocenters. The Labute approximate surface area is 843 Å². The first-order valence-electron chi connectivity index (χ1n) is 50.8. The van der Waals surface area contributed by atoms with E-state index >= 15 is 0 Å². The summed E-state index contributed by atoms with van der Waals surface area (Å²) in [6.07, 6.45) is 11.6. The van der Waals surface area contributed by atoms with Crippen LogP contribution in [0.4, 0.5) is 58.0 Å². The summed E-state index contributed by atoms with van der Waals surface area (Å²) in [4.78, 5) is 96.5.